The average Bonchev–Trinajstić information content (AvgIpc) is 2.79. The van der Waals surface area contributed by atoms with E-state index >= 15 is 0 Å². The van der Waals surface area contributed by atoms with Crippen molar-refractivity contribution in [3.8, 4) is 0 Å². The molecular weight excluding hydrogens is 285 g/mol. The smallest absolute Gasteiger partial charge is 0.394 e. The SMILES string of the molecule is CCNc1nc(N2CCC(C)C2CO)cc(C(F)(F)F)n1. The zero-order chi connectivity index (χ0) is 15.6. The number of nitrogens with zero attached hydrogens (tertiary/aromatic N) is 3. The van der Waals surface area contributed by atoms with Crippen molar-refractivity contribution in [3.05, 3.63) is 11.8 Å². The van der Waals surface area contributed by atoms with Gasteiger partial charge in [0.05, 0.1) is 12.6 Å². The van der Waals surface area contributed by atoms with Crippen LogP contribution in [-0.2, 0) is 6.18 Å². The lowest BCUT2D eigenvalue weighted by atomic mass is 10.0. The highest BCUT2D eigenvalue weighted by Crippen LogP contribution is 2.33. The van der Waals surface area contributed by atoms with Crippen LogP contribution in [0.2, 0.25) is 0 Å². The van der Waals surface area contributed by atoms with Gasteiger partial charge in [0.2, 0.25) is 5.95 Å². The van der Waals surface area contributed by atoms with Crippen LogP contribution in [0.15, 0.2) is 6.07 Å². The molecule has 5 nitrogen and oxygen atoms in total. The van der Waals surface area contributed by atoms with Crippen LogP contribution in [0.25, 0.3) is 0 Å². The molecule has 0 spiro atoms. The fourth-order valence-electron chi connectivity index (χ4n) is 2.54. The molecule has 1 aromatic heterocycles. The number of halogens is 3. The number of aliphatic hydroxyl groups is 1. The predicted octanol–water partition coefficient (Wildman–Crippen LogP) is 2.13. The Bertz CT molecular complexity index is 495. The van der Waals surface area contributed by atoms with E-state index in [0.717, 1.165) is 12.5 Å². The third-order valence-electron chi connectivity index (χ3n) is 3.70. The number of nitrogens with one attached hydrogen (secondary N) is 1. The number of aromatic nitrogens is 2. The number of rotatable bonds is 4. The maximum absolute atomic E-state index is 12.9. The second-order valence-corrected chi connectivity index (χ2v) is 5.17. The molecule has 0 radical (unpaired) electrons. The molecule has 0 saturated carbocycles. The maximum Gasteiger partial charge on any atom is 0.433 e. The number of aliphatic hydroxyl groups excluding tert-OH is 1. The minimum Gasteiger partial charge on any atom is -0.394 e. The molecule has 2 N–H and O–H groups in total. The molecule has 2 rings (SSSR count). The van der Waals surface area contributed by atoms with Crippen molar-refractivity contribution in [2.75, 3.05) is 29.9 Å². The quantitative estimate of drug-likeness (QED) is 0.892. The normalized spacial score (nSPS) is 22.7. The summed E-state index contributed by atoms with van der Waals surface area (Å²) in [6, 6.07) is 0.733. The van der Waals surface area contributed by atoms with Gasteiger partial charge in [0.15, 0.2) is 5.69 Å². The summed E-state index contributed by atoms with van der Waals surface area (Å²) in [6.45, 7) is 4.63. The number of hydrogen-bond donors (Lipinski definition) is 2. The zero-order valence-electron chi connectivity index (χ0n) is 12.0. The van der Waals surface area contributed by atoms with Gasteiger partial charge in [-0.05, 0) is 19.3 Å². The van der Waals surface area contributed by atoms with Crippen LogP contribution in [0.5, 0.6) is 0 Å². The molecule has 1 saturated heterocycles. The minimum absolute atomic E-state index is 0.0430. The summed E-state index contributed by atoms with van der Waals surface area (Å²) in [5.74, 6) is 0.372. The molecule has 0 amide bonds. The molecule has 2 heterocycles. The van der Waals surface area contributed by atoms with Crippen molar-refractivity contribution < 1.29 is 18.3 Å². The van der Waals surface area contributed by atoms with E-state index in [9.17, 15) is 18.3 Å². The summed E-state index contributed by atoms with van der Waals surface area (Å²) in [4.78, 5) is 9.37. The lowest BCUT2D eigenvalue weighted by Gasteiger charge is -2.27. The van der Waals surface area contributed by atoms with Crippen molar-refractivity contribution in [2.24, 2.45) is 5.92 Å². The summed E-state index contributed by atoms with van der Waals surface area (Å²) in [7, 11) is 0. The standard InChI is InChI=1S/C13H19F3N4O/c1-3-17-12-18-10(13(14,15)16)6-11(19-12)20-5-4-8(2)9(20)7-21/h6,8-9,21H,3-5,7H2,1-2H3,(H,17,18,19). The van der Waals surface area contributed by atoms with Crippen LogP contribution in [0, 0.1) is 5.92 Å². The van der Waals surface area contributed by atoms with Crippen LogP contribution < -0.4 is 10.2 Å². The Morgan fingerprint density at radius 1 is 1.43 bits per heavy atom. The Hall–Kier alpha value is -1.57. The summed E-state index contributed by atoms with van der Waals surface area (Å²) >= 11 is 0. The van der Waals surface area contributed by atoms with Crippen LogP contribution in [0.4, 0.5) is 24.9 Å². The van der Waals surface area contributed by atoms with Gasteiger partial charge in [-0.15, -0.1) is 0 Å². The molecule has 118 valence electrons. The highest BCUT2D eigenvalue weighted by molar-refractivity contribution is 5.47. The van der Waals surface area contributed by atoms with Crippen LogP contribution in [0.3, 0.4) is 0 Å². The van der Waals surface area contributed by atoms with E-state index in [0.29, 0.717) is 13.1 Å². The van der Waals surface area contributed by atoms with Gasteiger partial charge in [-0.1, -0.05) is 6.92 Å². The Morgan fingerprint density at radius 3 is 2.71 bits per heavy atom. The molecule has 1 aliphatic rings. The van der Waals surface area contributed by atoms with E-state index in [-0.39, 0.29) is 30.3 Å². The van der Waals surface area contributed by atoms with Crippen molar-refractivity contribution in [3.63, 3.8) is 0 Å². The number of anilines is 2. The van der Waals surface area contributed by atoms with Gasteiger partial charge in [0.25, 0.3) is 0 Å². The fraction of sp³-hybridized carbons (Fsp3) is 0.692. The molecule has 2 unspecified atom stereocenters. The summed E-state index contributed by atoms with van der Waals surface area (Å²) in [5, 5.41) is 12.2. The van der Waals surface area contributed by atoms with E-state index in [2.05, 4.69) is 15.3 Å². The van der Waals surface area contributed by atoms with Crippen LogP contribution in [-0.4, -0.2) is 40.8 Å². The van der Waals surface area contributed by atoms with Crippen molar-refractivity contribution >= 4 is 11.8 Å². The molecule has 8 heteroatoms. The van der Waals surface area contributed by atoms with Gasteiger partial charge in [0, 0.05) is 19.2 Å². The first-order chi connectivity index (χ1) is 9.86. The van der Waals surface area contributed by atoms with E-state index in [1.54, 1.807) is 11.8 Å². The monoisotopic (exact) mass is 304 g/mol. The van der Waals surface area contributed by atoms with E-state index in [1.807, 2.05) is 6.92 Å². The van der Waals surface area contributed by atoms with Gasteiger partial charge < -0.3 is 15.3 Å². The fourth-order valence-corrected chi connectivity index (χ4v) is 2.54. The van der Waals surface area contributed by atoms with Gasteiger partial charge in [0.1, 0.15) is 5.82 Å². The van der Waals surface area contributed by atoms with E-state index < -0.39 is 11.9 Å². The second-order valence-electron chi connectivity index (χ2n) is 5.17. The second kappa shape index (κ2) is 6.05. The first-order valence-corrected chi connectivity index (χ1v) is 6.94. The van der Waals surface area contributed by atoms with E-state index in [1.165, 1.54) is 0 Å². The predicted molar refractivity (Wildman–Crippen MR) is 73.2 cm³/mol. The Kier molecular flexibility index (Phi) is 4.55. The summed E-state index contributed by atoms with van der Waals surface area (Å²) < 4.78 is 38.8. The Labute approximate surface area is 121 Å². The van der Waals surface area contributed by atoms with Crippen LogP contribution in [0.1, 0.15) is 26.0 Å². The number of alkyl halides is 3. The molecule has 0 aliphatic carbocycles. The maximum atomic E-state index is 12.9. The van der Waals surface area contributed by atoms with Crippen molar-refractivity contribution in [2.45, 2.75) is 32.5 Å². The largest absolute Gasteiger partial charge is 0.433 e. The molecule has 1 aromatic rings. The van der Waals surface area contributed by atoms with Gasteiger partial charge in [-0.3, -0.25) is 0 Å². The Morgan fingerprint density at radius 2 is 2.14 bits per heavy atom. The summed E-state index contributed by atoms with van der Waals surface area (Å²) in [6.07, 6.45) is -3.71. The molecule has 0 aromatic carbocycles. The molecule has 0 bridgehead atoms. The molecule has 1 aliphatic heterocycles. The van der Waals surface area contributed by atoms with Gasteiger partial charge >= 0.3 is 6.18 Å². The minimum atomic E-state index is -4.53. The van der Waals surface area contributed by atoms with Crippen molar-refractivity contribution in [1.82, 2.24) is 9.97 Å². The van der Waals surface area contributed by atoms with Crippen LogP contribution >= 0.6 is 0 Å². The lowest BCUT2D eigenvalue weighted by Crippen LogP contribution is -2.36. The highest BCUT2D eigenvalue weighted by Gasteiger charge is 2.36. The zero-order valence-corrected chi connectivity index (χ0v) is 12.0. The topological polar surface area (TPSA) is 61.3 Å². The third kappa shape index (κ3) is 3.37. The number of hydrogen-bond acceptors (Lipinski definition) is 5. The average molecular weight is 304 g/mol. The van der Waals surface area contributed by atoms with Crippen molar-refractivity contribution in [1.29, 1.82) is 0 Å². The van der Waals surface area contributed by atoms with E-state index in [4.69, 9.17) is 0 Å². The van der Waals surface area contributed by atoms with Gasteiger partial charge in [-0.25, -0.2) is 4.98 Å². The molecule has 21 heavy (non-hydrogen) atoms. The first-order valence-electron chi connectivity index (χ1n) is 6.94. The summed E-state index contributed by atoms with van der Waals surface area (Å²) in [5.41, 5.74) is -0.973. The third-order valence-corrected chi connectivity index (χ3v) is 3.70. The molecule has 1 fully saturated rings. The molecular formula is C13H19F3N4O. The lowest BCUT2D eigenvalue weighted by molar-refractivity contribution is -0.141. The Balaban J connectivity index is 2.40. The first kappa shape index (κ1) is 15.8. The van der Waals surface area contributed by atoms with Gasteiger partial charge in [-0.2, -0.15) is 18.2 Å². The highest BCUT2D eigenvalue weighted by atomic mass is 19.4. The molecule has 2 atom stereocenters.